The van der Waals surface area contributed by atoms with Gasteiger partial charge in [-0.25, -0.2) is 4.68 Å². The lowest BCUT2D eigenvalue weighted by Gasteiger charge is -2.08. The summed E-state index contributed by atoms with van der Waals surface area (Å²) < 4.78 is 6.39. The normalized spacial score (nSPS) is 10.8. The molecular weight excluding hydrogens is 272 g/mol. The van der Waals surface area contributed by atoms with Crippen molar-refractivity contribution in [2.75, 3.05) is 13.7 Å². The molecule has 0 aliphatic heterocycles. The zero-order valence-electron chi connectivity index (χ0n) is 9.93. The molecular formula is C12H13ClN2O2S. The highest BCUT2D eigenvalue weighted by Crippen LogP contribution is 2.22. The summed E-state index contributed by atoms with van der Waals surface area (Å²) in [5.41, 5.74) is 1.19. The molecule has 0 N–H and O–H groups in total. The number of thiophene rings is 1. The summed E-state index contributed by atoms with van der Waals surface area (Å²) in [4.78, 5) is 13.0. The zero-order valence-corrected chi connectivity index (χ0v) is 11.5. The van der Waals surface area contributed by atoms with Gasteiger partial charge in [-0.15, -0.1) is 22.9 Å². The first-order valence-electron chi connectivity index (χ1n) is 5.46. The molecule has 0 saturated heterocycles. The molecule has 2 aromatic rings. The van der Waals surface area contributed by atoms with Crippen molar-refractivity contribution in [1.82, 2.24) is 9.78 Å². The minimum atomic E-state index is -0.151. The van der Waals surface area contributed by atoms with Crippen molar-refractivity contribution >= 4 is 22.9 Å². The highest BCUT2D eigenvalue weighted by Gasteiger charge is 2.09. The molecule has 2 aromatic heterocycles. The molecule has 96 valence electrons. The third kappa shape index (κ3) is 2.80. The van der Waals surface area contributed by atoms with Gasteiger partial charge < -0.3 is 4.74 Å². The third-order valence-electron chi connectivity index (χ3n) is 2.47. The van der Waals surface area contributed by atoms with Crippen molar-refractivity contribution < 1.29 is 4.74 Å². The van der Waals surface area contributed by atoms with Crippen LogP contribution in [0.15, 0.2) is 28.4 Å². The van der Waals surface area contributed by atoms with Gasteiger partial charge in [0.15, 0.2) is 0 Å². The second kappa shape index (κ2) is 6.13. The van der Waals surface area contributed by atoms with Gasteiger partial charge in [0.2, 0.25) is 0 Å². The molecule has 0 saturated carbocycles. The van der Waals surface area contributed by atoms with E-state index in [-0.39, 0.29) is 11.4 Å². The third-order valence-corrected chi connectivity index (χ3v) is 3.65. The topological polar surface area (TPSA) is 44.1 Å². The molecule has 4 nitrogen and oxygen atoms in total. The minimum absolute atomic E-state index is 0.151. The van der Waals surface area contributed by atoms with Crippen LogP contribution in [0.1, 0.15) is 5.56 Å². The fourth-order valence-electron chi connectivity index (χ4n) is 1.57. The Hall–Kier alpha value is -1.17. The van der Waals surface area contributed by atoms with E-state index in [2.05, 4.69) is 5.10 Å². The summed E-state index contributed by atoms with van der Waals surface area (Å²) in [7, 11) is 1.59. The smallest absolute Gasteiger partial charge is 0.271 e. The van der Waals surface area contributed by atoms with E-state index in [4.69, 9.17) is 16.3 Å². The Bertz CT molecular complexity index is 566. The summed E-state index contributed by atoms with van der Waals surface area (Å²) in [5.74, 6) is 0.187. The van der Waals surface area contributed by atoms with Crippen molar-refractivity contribution in [3.63, 3.8) is 0 Å². The molecule has 0 radical (unpaired) electrons. The van der Waals surface area contributed by atoms with Crippen LogP contribution >= 0.6 is 22.9 Å². The Labute approximate surface area is 114 Å². The van der Waals surface area contributed by atoms with Gasteiger partial charge in [0.1, 0.15) is 5.69 Å². The predicted molar refractivity (Wildman–Crippen MR) is 73.2 cm³/mol. The average molecular weight is 285 g/mol. The van der Waals surface area contributed by atoms with Gasteiger partial charge in [0.25, 0.3) is 5.56 Å². The Morgan fingerprint density at radius 1 is 1.56 bits per heavy atom. The lowest BCUT2D eigenvalue weighted by atomic mass is 10.2. The van der Waals surface area contributed by atoms with Crippen LogP contribution in [0.25, 0.3) is 10.6 Å². The van der Waals surface area contributed by atoms with Crippen molar-refractivity contribution in [2.24, 2.45) is 0 Å². The summed E-state index contributed by atoms with van der Waals surface area (Å²) >= 11 is 7.38. The van der Waals surface area contributed by atoms with E-state index in [0.717, 1.165) is 10.6 Å². The number of halogens is 1. The summed E-state index contributed by atoms with van der Waals surface area (Å²) in [5, 5.41) is 6.31. The number of aromatic nitrogens is 2. The standard InChI is InChI=1S/C12H13ClN2O2S/c1-17-5-4-15-12(16)9(8-13)7-10(14-15)11-3-2-6-18-11/h2-3,6-7H,4-5,8H2,1H3. The first-order chi connectivity index (χ1) is 8.76. The lowest BCUT2D eigenvalue weighted by molar-refractivity contribution is 0.182. The first kappa shape index (κ1) is 13.3. The summed E-state index contributed by atoms with van der Waals surface area (Å²) in [6.07, 6.45) is 0. The van der Waals surface area contributed by atoms with E-state index in [1.54, 1.807) is 24.5 Å². The van der Waals surface area contributed by atoms with Gasteiger partial charge in [0.05, 0.1) is 23.9 Å². The number of alkyl halides is 1. The van der Waals surface area contributed by atoms with Gasteiger partial charge in [0, 0.05) is 12.7 Å². The molecule has 0 aliphatic carbocycles. The van der Waals surface area contributed by atoms with Crippen LogP contribution in [0.2, 0.25) is 0 Å². The molecule has 0 unspecified atom stereocenters. The summed E-state index contributed by atoms with van der Waals surface area (Å²) in [6, 6.07) is 5.67. The monoisotopic (exact) mass is 284 g/mol. The SMILES string of the molecule is COCCn1nc(-c2cccs2)cc(CCl)c1=O. The number of ether oxygens (including phenoxy) is 1. The van der Waals surface area contributed by atoms with E-state index >= 15 is 0 Å². The maximum Gasteiger partial charge on any atom is 0.271 e. The largest absolute Gasteiger partial charge is 0.383 e. The van der Waals surface area contributed by atoms with Crippen LogP contribution in [0, 0.1) is 0 Å². The molecule has 0 bridgehead atoms. The maximum atomic E-state index is 12.0. The Kier molecular flexibility index (Phi) is 4.52. The van der Waals surface area contributed by atoms with E-state index in [9.17, 15) is 4.79 Å². The number of rotatable bonds is 5. The van der Waals surface area contributed by atoms with Gasteiger partial charge >= 0.3 is 0 Å². The van der Waals surface area contributed by atoms with Gasteiger partial charge in [-0.2, -0.15) is 5.10 Å². The Morgan fingerprint density at radius 3 is 3.00 bits per heavy atom. The molecule has 2 rings (SSSR count). The molecule has 0 spiro atoms. The van der Waals surface area contributed by atoms with Crippen LogP contribution in [0.5, 0.6) is 0 Å². The molecule has 0 aliphatic rings. The lowest BCUT2D eigenvalue weighted by Crippen LogP contribution is -2.27. The average Bonchev–Trinajstić information content (AvgIpc) is 2.91. The molecule has 0 fully saturated rings. The van der Waals surface area contributed by atoms with Crippen LogP contribution in [0.3, 0.4) is 0 Å². The molecule has 0 amide bonds. The van der Waals surface area contributed by atoms with Crippen molar-refractivity contribution in [2.45, 2.75) is 12.4 Å². The molecule has 6 heteroatoms. The second-order valence-corrected chi connectivity index (χ2v) is 4.90. The van der Waals surface area contributed by atoms with Crippen LogP contribution in [-0.2, 0) is 17.2 Å². The zero-order chi connectivity index (χ0) is 13.0. The van der Waals surface area contributed by atoms with Crippen LogP contribution in [-0.4, -0.2) is 23.5 Å². The second-order valence-electron chi connectivity index (χ2n) is 3.69. The van der Waals surface area contributed by atoms with Crippen LogP contribution < -0.4 is 5.56 Å². The number of hydrogen-bond acceptors (Lipinski definition) is 4. The van der Waals surface area contributed by atoms with Gasteiger partial charge in [-0.3, -0.25) is 4.79 Å². The Morgan fingerprint density at radius 2 is 2.39 bits per heavy atom. The van der Waals surface area contributed by atoms with Gasteiger partial charge in [-0.05, 0) is 17.5 Å². The molecule has 0 atom stereocenters. The molecule has 18 heavy (non-hydrogen) atoms. The highest BCUT2D eigenvalue weighted by molar-refractivity contribution is 7.13. The number of nitrogens with zero attached hydrogens (tertiary/aromatic N) is 2. The number of methoxy groups -OCH3 is 1. The van der Waals surface area contributed by atoms with Crippen LogP contribution in [0.4, 0.5) is 0 Å². The van der Waals surface area contributed by atoms with Crippen molar-refractivity contribution in [1.29, 1.82) is 0 Å². The van der Waals surface area contributed by atoms with Gasteiger partial charge in [-0.1, -0.05) is 6.07 Å². The molecule has 0 aromatic carbocycles. The predicted octanol–water partition coefficient (Wildman–Crippen LogP) is 2.36. The van der Waals surface area contributed by atoms with E-state index in [1.807, 2.05) is 17.5 Å². The fourth-order valence-corrected chi connectivity index (χ4v) is 2.44. The van der Waals surface area contributed by atoms with E-state index in [0.29, 0.717) is 18.7 Å². The summed E-state index contributed by atoms with van der Waals surface area (Å²) in [6.45, 7) is 0.876. The maximum absolute atomic E-state index is 12.0. The van der Waals surface area contributed by atoms with E-state index < -0.39 is 0 Å². The fraction of sp³-hybridized carbons (Fsp3) is 0.333. The number of hydrogen-bond donors (Lipinski definition) is 0. The van der Waals surface area contributed by atoms with E-state index in [1.165, 1.54) is 4.68 Å². The minimum Gasteiger partial charge on any atom is -0.383 e. The Balaban J connectivity index is 2.46. The highest BCUT2D eigenvalue weighted by atomic mass is 35.5. The van der Waals surface area contributed by atoms with Crippen molar-refractivity contribution in [3.8, 4) is 10.6 Å². The first-order valence-corrected chi connectivity index (χ1v) is 6.87. The van der Waals surface area contributed by atoms with Crippen molar-refractivity contribution in [3.05, 3.63) is 39.5 Å². The molecule has 2 heterocycles. The quantitative estimate of drug-likeness (QED) is 0.792.